The Bertz CT molecular complexity index is 670. The Kier molecular flexibility index (Phi) is 3.53. The smallest absolute Gasteiger partial charge is 0.308 e. The Morgan fingerprint density at radius 3 is 2.67 bits per heavy atom. The molecule has 5 nitrogen and oxygen atoms in total. The Labute approximate surface area is 124 Å². The van der Waals surface area contributed by atoms with Crippen molar-refractivity contribution in [2.75, 3.05) is 0 Å². The van der Waals surface area contributed by atoms with Crippen molar-refractivity contribution in [3.63, 3.8) is 0 Å². The average molecular weight is 309 g/mol. The van der Waals surface area contributed by atoms with Gasteiger partial charge in [-0.2, -0.15) is 0 Å². The fourth-order valence-electron chi connectivity index (χ4n) is 3.85. The van der Waals surface area contributed by atoms with Crippen molar-refractivity contribution in [3.05, 3.63) is 29.8 Å². The van der Waals surface area contributed by atoms with Crippen molar-refractivity contribution in [3.8, 4) is 0 Å². The molecule has 0 heterocycles. The van der Waals surface area contributed by atoms with E-state index >= 15 is 0 Å². The number of carbonyl (C=O) groups is 1. The summed E-state index contributed by atoms with van der Waals surface area (Å²) in [6.45, 7) is 1.83. The summed E-state index contributed by atoms with van der Waals surface area (Å²) in [5, 5.41) is 9.38. The minimum Gasteiger partial charge on any atom is -0.481 e. The highest BCUT2D eigenvalue weighted by atomic mass is 32.2. The van der Waals surface area contributed by atoms with Gasteiger partial charge in [-0.05, 0) is 55.7 Å². The van der Waals surface area contributed by atoms with Crippen molar-refractivity contribution in [2.24, 2.45) is 17.8 Å². The molecule has 21 heavy (non-hydrogen) atoms. The predicted octanol–water partition coefficient (Wildman–Crippen LogP) is 1.77. The molecule has 114 valence electrons. The lowest BCUT2D eigenvalue weighted by Gasteiger charge is -2.28. The Balaban J connectivity index is 1.87. The monoisotopic (exact) mass is 309 g/mol. The van der Waals surface area contributed by atoms with Crippen LogP contribution in [0.3, 0.4) is 0 Å². The van der Waals surface area contributed by atoms with E-state index in [-0.39, 0.29) is 16.7 Å². The molecule has 4 unspecified atom stereocenters. The van der Waals surface area contributed by atoms with Crippen LogP contribution in [-0.2, 0) is 14.8 Å². The summed E-state index contributed by atoms with van der Waals surface area (Å²) in [4.78, 5) is 11.6. The first-order valence-corrected chi connectivity index (χ1v) is 8.68. The summed E-state index contributed by atoms with van der Waals surface area (Å²) in [5.74, 6) is -1.23. The largest absolute Gasteiger partial charge is 0.481 e. The van der Waals surface area contributed by atoms with E-state index in [4.69, 9.17) is 0 Å². The fraction of sp³-hybridized carbons (Fsp3) is 0.533. The van der Waals surface area contributed by atoms with Crippen LogP contribution in [0.1, 0.15) is 24.8 Å². The SMILES string of the molecule is Cc1cccc(S(=O)(=O)NC2C3CCC(C3)C2C(=O)O)c1. The molecule has 0 spiro atoms. The van der Waals surface area contributed by atoms with E-state index in [1.807, 2.05) is 13.0 Å². The minimum absolute atomic E-state index is 0.109. The number of rotatable bonds is 4. The minimum atomic E-state index is -3.67. The van der Waals surface area contributed by atoms with E-state index in [1.54, 1.807) is 12.1 Å². The van der Waals surface area contributed by atoms with Gasteiger partial charge in [0.05, 0.1) is 10.8 Å². The highest BCUT2D eigenvalue weighted by Gasteiger charge is 2.52. The topological polar surface area (TPSA) is 83.5 Å². The maximum atomic E-state index is 12.5. The lowest BCUT2D eigenvalue weighted by molar-refractivity contribution is -0.144. The zero-order valence-corrected chi connectivity index (χ0v) is 12.6. The highest BCUT2D eigenvalue weighted by Crippen LogP contribution is 2.48. The van der Waals surface area contributed by atoms with Gasteiger partial charge in [0.1, 0.15) is 0 Å². The zero-order valence-electron chi connectivity index (χ0n) is 11.8. The van der Waals surface area contributed by atoms with Gasteiger partial charge in [-0.1, -0.05) is 12.1 Å². The van der Waals surface area contributed by atoms with Gasteiger partial charge in [0, 0.05) is 6.04 Å². The molecule has 3 rings (SSSR count). The standard InChI is InChI=1S/C15H19NO4S/c1-9-3-2-4-12(7-9)21(19,20)16-14-11-6-5-10(8-11)13(14)15(17)18/h2-4,7,10-11,13-14,16H,5-6,8H2,1H3,(H,17,18). The van der Waals surface area contributed by atoms with Crippen LogP contribution in [0.2, 0.25) is 0 Å². The molecule has 0 amide bonds. The van der Waals surface area contributed by atoms with Crippen LogP contribution in [-0.4, -0.2) is 25.5 Å². The maximum Gasteiger partial charge on any atom is 0.308 e. The summed E-state index contributed by atoms with van der Waals surface area (Å²) < 4.78 is 27.6. The second-order valence-electron chi connectivity index (χ2n) is 6.16. The summed E-state index contributed by atoms with van der Waals surface area (Å²) in [6.07, 6.45) is 2.62. The molecule has 2 N–H and O–H groups in total. The number of fused-ring (bicyclic) bond motifs is 2. The molecule has 2 saturated carbocycles. The molecular formula is C15H19NO4S. The number of hydrogen-bond acceptors (Lipinski definition) is 3. The molecule has 2 aliphatic rings. The van der Waals surface area contributed by atoms with Crippen LogP contribution in [0.5, 0.6) is 0 Å². The number of carboxylic acids is 1. The van der Waals surface area contributed by atoms with Crippen LogP contribution < -0.4 is 4.72 Å². The van der Waals surface area contributed by atoms with Gasteiger partial charge in [0.15, 0.2) is 0 Å². The molecule has 1 aromatic rings. The van der Waals surface area contributed by atoms with Crippen molar-refractivity contribution in [1.29, 1.82) is 0 Å². The van der Waals surface area contributed by atoms with Crippen molar-refractivity contribution in [1.82, 2.24) is 4.72 Å². The average Bonchev–Trinajstić information content (AvgIpc) is 2.98. The first kappa shape index (κ1) is 14.5. The molecule has 0 aliphatic heterocycles. The van der Waals surface area contributed by atoms with E-state index in [2.05, 4.69) is 4.72 Å². The maximum absolute atomic E-state index is 12.5. The van der Waals surface area contributed by atoms with E-state index < -0.39 is 28.0 Å². The number of nitrogens with one attached hydrogen (secondary N) is 1. The second-order valence-corrected chi connectivity index (χ2v) is 7.87. The van der Waals surface area contributed by atoms with Gasteiger partial charge in [0.25, 0.3) is 0 Å². The molecule has 2 bridgehead atoms. The van der Waals surface area contributed by atoms with Crippen LogP contribution >= 0.6 is 0 Å². The van der Waals surface area contributed by atoms with Crippen molar-refractivity contribution < 1.29 is 18.3 Å². The molecule has 4 atom stereocenters. The number of hydrogen-bond donors (Lipinski definition) is 2. The summed E-state index contributed by atoms with van der Waals surface area (Å²) in [5.41, 5.74) is 0.862. The van der Waals surface area contributed by atoms with Crippen LogP contribution in [0, 0.1) is 24.7 Å². The highest BCUT2D eigenvalue weighted by molar-refractivity contribution is 7.89. The second kappa shape index (κ2) is 5.10. The lowest BCUT2D eigenvalue weighted by Crippen LogP contribution is -2.46. The third-order valence-corrected chi connectivity index (χ3v) is 6.25. The quantitative estimate of drug-likeness (QED) is 0.888. The zero-order chi connectivity index (χ0) is 15.2. The number of aliphatic carboxylic acids is 1. The van der Waals surface area contributed by atoms with Crippen LogP contribution in [0.15, 0.2) is 29.2 Å². The number of benzene rings is 1. The van der Waals surface area contributed by atoms with Crippen LogP contribution in [0.4, 0.5) is 0 Å². The molecule has 0 aromatic heterocycles. The van der Waals surface area contributed by atoms with Crippen molar-refractivity contribution >= 4 is 16.0 Å². The molecule has 0 radical (unpaired) electrons. The van der Waals surface area contributed by atoms with Gasteiger partial charge in [-0.25, -0.2) is 13.1 Å². The molecule has 1 aromatic carbocycles. The predicted molar refractivity (Wildman–Crippen MR) is 77.2 cm³/mol. The lowest BCUT2D eigenvalue weighted by atomic mass is 9.85. The fourth-order valence-corrected chi connectivity index (χ4v) is 5.28. The Hall–Kier alpha value is -1.40. The first-order chi connectivity index (χ1) is 9.88. The Morgan fingerprint density at radius 1 is 1.29 bits per heavy atom. The third-order valence-electron chi connectivity index (χ3n) is 4.79. The molecule has 2 fully saturated rings. The van der Waals surface area contributed by atoms with E-state index in [9.17, 15) is 18.3 Å². The number of aryl methyl sites for hydroxylation is 1. The van der Waals surface area contributed by atoms with E-state index in [0.717, 1.165) is 24.8 Å². The third kappa shape index (κ3) is 2.58. The summed E-state index contributed by atoms with van der Waals surface area (Å²) in [7, 11) is -3.67. The van der Waals surface area contributed by atoms with Gasteiger partial charge < -0.3 is 5.11 Å². The van der Waals surface area contributed by atoms with E-state index in [0.29, 0.717) is 0 Å². The molecule has 2 aliphatic carbocycles. The van der Waals surface area contributed by atoms with Gasteiger partial charge in [-0.15, -0.1) is 0 Å². The van der Waals surface area contributed by atoms with Gasteiger partial charge in [-0.3, -0.25) is 4.79 Å². The normalized spacial score (nSPS) is 31.5. The first-order valence-electron chi connectivity index (χ1n) is 7.20. The summed E-state index contributed by atoms with van der Waals surface area (Å²) in [6, 6.07) is 6.19. The Morgan fingerprint density at radius 2 is 2.00 bits per heavy atom. The summed E-state index contributed by atoms with van der Waals surface area (Å²) >= 11 is 0. The van der Waals surface area contributed by atoms with Gasteiger partial charge >= 0.3 is 5.97 Å². The van der Waals surface area contributed by atoms with Crippen molar-refractivity contribution in [2.45, 2.75) is 37.1 Å². The molecule has 6 heteroatoms. The number of carboxylic acid groups (broad SMARTS) is 1. The molecular weight excluding hydrogens is 290 g/mol. The number of sulfonamides is 1. The van der Waals surface area contributed by atoms with Crippen LogP contribution in [0.25, 0.3) is 0 Å². The van der Waals surface area contributed by atoms with E-state index in [1.165, 1.54) is 6.07 Å². The molecule has 0 saturated heterocycles. The van der Waals surface area contributed by atoms with Gasteiger partial charge in [0.2, 0.25) is 10.0 Å².